The molecule has 0 aliphatic carbocycles. The van der Waals surface area contributed by atoms with Crippen LogP contribution in [0.5, 0.6) is 0 Å². The van der Waals surface area contributed by atoms with Gasteiger partial charge in [0.05, 0.1) is 11.8 Å². The first-order chi connectivity index (χ1) is 17.8. The van der Waals surface area contributed by atoms with E-state index in [0.717, 1.165) is 67.2 Å². The van der Waals surface area contributed by atoms with Crippen molar-refractivity contribution >= 4 is 46.1 Å². The van der Waals surface area contributed by atoms with Crippen molar-refractivity contribution in [2.75, 3.05) is 48.2 Å². The monoisotopic (exact) mass is 526 g/mol. The average Bonchev–Trinajstić information content (AvgIpc) is 2.89. The summed E-state index contributed by atoms with van der Waals surface area (Å²) in [5.74, 6) is 1.19. The molecular weight excluding hydrogens is 501 g/mol. The number of nitrogens with zero attached hydrogens (tertiary/aromatic N) is 6. The molecule has 2 aromatic heterocycles. The van der Waals surface area contributed by atoms with Crippen LogP contribution < -0.4 is 14.9 Å². The highest BCUT2D eigenvalue weighted by Crippen LogP contribution is 2.33. The number of aryl methyl sites for hydroxylation is 1. The molecule has 0 atom stereocenters. The predicted molar refractivity (Wildman–Crippen MR) is 140 cm³/mol. The summed E-state index contributed by atoms with van der Waals surface area (Å²) >= 11 is 1.11. The molecule has 4 aromatic rings. The van der Waals surface area contributed by atoms with Gasteiger partial charge in [-0.15, -0.1) is 0 Å². The van der Waals surface area contributed by atoms with E-state index in [4.69, 9.17) is 4.98 Å². The third-order valence-corrected chi connectivity index (χ3v) is 6.92. The molecule has 12 heteroatoms. The summed E-state index contributed by atoms with van der Waals surface area (Å²) in [5, 5.41) is 3.35. The maximum Gasteiger partial charge on any atom is 0.416 e. The number of fused-ring (bicyclic) bond motifs is 1. The largest absolute Gasteiger partial charge is 0.416 e. The van der Waals surface area contributed by atoms with Crippen LogP contribution in [0.1, 0.15) is 11.1 Å². The van der Waals surface area contributed by atoms with Crippen LogP contribution in [0, 0.1) is 6.92 Å². The molecule has 0 amide bonds. The highest BCUT2D eigenvalue weighted by molar-refractivity contribution is 8.00. The zero-order valence-electron chi connectivity index (χ0n) is 20.3. The Balaban J connectivity index is 1.36. The Hall–Kier alpha value is -3.64. The molecule has 2 aromatic carbocycles. The second-order valence-electron chi connectivity index (χ2n) is 8.80. The fourth-order valence-electron chi connectivity index (χ4n) is 3.90. The highest BCUT2D eigenvalue weighted by Gasteiger charge is 2.30. The van der Waals surface area contributed by atoms with Gasteiger partial charge in [0.1, 0.15) is 17.4 Å². The van der Waals surface area contributed by atoms with Gasteiger partial charge in [0, 0.05) is 42.4 Å². The molecule has 0 saturated carbocycles. The second kappa shape index (κ2) is 10.4. The standard InChI is InChI=1S/C25H25F3N8S/c1-16-6-7-18(34-37-19-5-3-4-17(12-19)25(26,27)28)13-20(16)32-23-22-21(30-15-31-23)14-29-24(33-22)36-10-8-35(2)9-11-36/h3-7,12-15,34H,8-11H2,1-2H3,(H,30,31,32). The SMILES string of the molecule is Cc1ccc(NSc2cccc(C(F)(F)F)c2)cc1Nc1ncnc2cnc(N3CCN(C)CC3)nc12. The van der Waals surface area contributed by atoms with Crippen LogP contribution in [0.3, 0.4) is 0 Å². The summed E-state index contributed by atoms with van der Waals surface area (Å²) in [6.45, 7) is 5.52. The quantitative estimate of drug-likeness (QED) is 0.323. The molecule has 1 fully saturated rings. The van der Waals surface area contributed by atoms with E-state index in [1.165, 1.54) is 12.4 Å². The van der Waals surface area contributed by atoms with Crippen molar-refractivity contribution in [3.63, 3.8) is 0 Å². The van der Waals surface area contributed by atoms with Gasteiger partial charge >= 0.3 is 6.18 Å². The molecule has 0 bridgehead atoms. The number of rotatable bonds is 6. The highest BCUT2D eigenvalue weighted by atomic mass is 32.2. The summed E-state index contributed by atoms with van der Waals surface area (Å²) in [5.41, 5.74) is 3.04. The lowest BCUT2D eigenvalue weighted by molar-refractivity contribution is -0.137. The Morgan fingerprint density at radius 3 is 2.57 bits per heavy atom. The van der Waals surface area contributed by atoms with Gasteiger partial charge in [0.15, 0.2) is 5.82 Å². The van der Waals surface area contributed by atoms with Gasteiger partial charge in [0.25, 0.3) is 0 Å². The summed E-state index contributed by atoms with van der Waals surface area (Å²) in [6, 6.07) is 10.9. The number of piperazine rings is 1. The second-order valence-corrected chi connectivity index (χ2v) is 9.68. The van der Waals surface area contributed by atoms with Crippen molar-refractivity contribution in [3.8, 4) is 0 Å². The van der Waals surface area contributed by atoms with Gasteiger partial charge in [-0.2, -0.15) is 13.2 Å². The number of anilines is 4. The lowest BCUT2D eigenvalue weighted by Crippen LogP contribution is -2.45. The average molecular weight is 527 g/mol. The topological polar surface area (TPSA) is 82.1 Å². The Bertz CT molecular complexity index is 1410. The smallest absolute Gasteiger partial charge is 0.338 e. The Morgan fingerprint density at radius 1 is 0.973 bits per heavy atom. The van der Waals surface area contributed by atoms with Crippen molar-refractivity contribution in [3.05, 3.63) is 66.1 Å². The van der Waals surface area contributed by atoms with Gasteiger partial charge in [-0.1, -0.05) is 12.1 Å². The summed E-state index contributed by atoms with van der Waals surface area (Å²) in [4.78, 5) is 22.9. The van der Waals surface area contributed by atoms with Gasteiger partial charge < -0.3 is 19.8 Å². The number of halogens is 3. The van der Waals surface area contributed by atoms with E-state index in [2.05, 4.69) is 41.8 Å². The fourth-order valence-corrected chi connectivity index (χ4v) is 4.59. The van der Waals surface area contributed by atoms with Gasteiger partial charge in [-0.25, -0.2) is 19.9 Å². The molecule has 0 unspecified atom stereocenters. The first kappa shape index (κ1) is 25.0. The third-order valence-electron chi connectivity index (χ3n) is 6.09. The van der Waals surface area contributed by atoms with E-state index in [0.29, 0.717) is 27.7 Å². The first-order valence-corrected chi connectivity index (χ1v) is 12.5. The van der Waals surface area contributed by atoms with E-state index in [1.54, 1.807) is 12.3 Å². The van der Waals surface area contributed by atoms with Crippen molar-refractivity contribution < 1.29 is 13.2 Å². The molecule has 1 aliphatic rings. The predicted octanol–water partition coefficient (Wildman–Crippen LogP) is 5.36. The minimum absolute atomic E-state index is 0.458. The third kappa shape index (κ3) is 5.86. The molecule has 8 nitrogen and oxygen atoms in total. The Morgan fingerprint density at radius 2 is 1.78 bits per heavy atom. The molecule has 1 aliphatic heterocycles. The van der Waals surface area contributed by atoms with Gasteiger partial charge in [0.2, 0.25) is 5.95 Å². The normalized spacial score (nSPS) is 14.7. The van der Waals surface area contributed by atoms with Gasteiger partial charge in [-0.3, -0.25) is 0 Å². The van der Waals surface area contributed by atoms with Crippen molar-refractivity contribution in [2.45, 2.75) is 18.0 Å². The fraction of sp³-hybridized carbons (Fsp3) is 0.280. The Kier molecular flexibility index (Phi) is 7.02. The number of hydrogen-bond acceptors (Lipinski definition) is 9. The molecular formula is C25H25F3N8S. The summed E-state index contributed by atoms with van der Waals surface area (Å²) < 4.78 is 42.2. The van der Waals surface area contributed by atoms with Crippen LogP contribution in [0.15, 0.2) is 59.9 Å². The number of benzene rings is 2. The van der Waals surface area contributed by atoms with E-state index in [1.807, 2.05) is 25.1 Å². The van der Waals surface area contributed by atoms with Crippen molar-refractivity contribution in [2.24, 2.45) is 0 Å². The van der Waals surface area contributed by atoms with Crippen molar-refractivity contribution in [1.82, 2.24) is 24.8 Å². The Labute approximate surface area is 216 Å². The van der Waals surface area contributed by atoms with Crippen LogP contribution in [-0.2, 0) is 6.18 Å². The number of alkyl halides is 3. The molecule has 192 valence electrons. The number of nitrogens with one attached hydrogen (secondary N) is 2. The van der Waals surface area contributed by atoms with Crippen LogP contribution in [0.4, 0.5) is 36.3 Å². The summed E-state index contributed by atoms with van der Waals surface area (Å²) in [6.07, 6.45) is -1.21. The maximum absolute atomic E-state index is 13.0. The minimum atomic E-state index is -4.38. The number of aromatic nitrogens is 4. The van der Waals surface area contributed by atoms with Crippen LogP contribution in [-0.4, -0.2) is 58.1 Å². The first-order valence-electron chi connectivity index (χ1n) is 11.7. The lowest BCUT2D eigenvalue weighted by atomic mass is 10.2. The minimum Gasteiger partial charge on any atom is -0.338 e. The molecule has 2 N–H and O–H groups in total. The van der Waals surface area contributed by atoms with E-state index in [-0.39, 0.29) is 0 Å². The van der Waals surface area contributed by atoms with E-state index in [9.17, 15) is 13.2 Å². The van der Waals surface area contributed by atoms with Crippen LogP contribution in [0.25, 0.3) is 11.0 Å². The molecule has 0 radical (unpaired) electrons. The zero-order valence-corrected chi connectivity index (χ0v) is 21.1. The lowest BCUT2D eigenvalue weighted by Gasteiger charge is -2.32. The zero-order chi connectivity index (χ0) is 26.0. The molecule has 37 heavy (non-hydrogen) atoms. The molecule has 5 rings (SSSR count). The maximum atomic E-state index is 13.0. The molecule has 3 heterocycles. The van der Waals surface area contributed by atoms with Crippen LogP contribution in [0.2, 0.25) is 0 Å². The number of likely N-dealkylation sites (N-methyl/N-ethyl adjacent to an activating group) is 1. The van der Waals surface area contributed by atoms with Crippen LogP contribution >= 0.6 is 11.9 Å². The molecule has 1 saturated heterocycles. The molecule has 0 spiro atoms. The van der Waals surface area contributed by atoms with E-state index >= 15 is 0 Å². The van der Waals surface area contributed by atoms with E-state index < -0.39 is 11.7 Å². The van der Waals surface area contributed by atoms with Gasteiger partial charge in [-0.05, 0) is 61.8 Å². The van der Waals surface area contributed by atoms with Crippen molar-refractivity contribution in [1.29, 1.82) is 0 Å². The number of hydrogen-bond donors (Lipinski definition) is 2. The summed E-state index contributed by atoms with van der Waals surface area (Å²) in [7, 11) is 2.10.